The third-order valence-corrected chi connectivity index (χ3v) is 8.16. The first kappa shape index (κ1) is 12.4. The highest BCUT2D eigenvalue weighted by molar-refractivity contribution is 9.10. The molecule has 17 heavy (non-hydrogen) atoms. The summed E-state index contributed by atoms with van der Waals surface area (Å²) < 4.78 is 1.56. The van der Waals surface area contributed by atoms with Crippen LogP contribution in [0.1, 0.15) is 31.2 Å². The van der Waals surface area contributed by atoms with Crippen molar-refractivity contribution in [3.8, 4) is 0 Å². The predicted molar refractivity (Wildman–Crippen MR) is 82.7 cm³/mol. The van der Waals surface area contributed by atoms with Gasteiger partial charge in [-0.2, -0.15) is 0 Å². The van der Waals surface area contributed by atoms with Gasteiger partial charge >= 0.3 is 0 Å². The number of hydrogen-bond donors (Lipinski definition) is 0. The maximum absolute atomic E-state index is 3.54. The maximum atomic E-state index is 3.54. The lowest BCUT2D eigenvalue weighted by molar-refractivity contribution is 0.505. The van der Waals surface area contributed by atoms with Crippen LogP contribution in [0.4, 0.5) is 0 Å². The van der Waals surface area contributed by atoms with Crippen molar-refractivity contribution in [3.63, 3.8) is 0 Å². The summed E-state index contributed by atoms with van der Waals surface area (Å²) >= 11 is 7.93. The van der Waals surface area contributed by atoms with Gasteiger partial charge in [0, 0.05) is 16.0 Å². The summed E-state index contributed by atoms with van der Waals surface area (Å²) in [4.78, 5) is 0. The molecule has 0 aromatic heterocycles. The number of thioether (sulfide) groups is 2. The average Bonchev–Trinajstić information content (AvgIpc) is 3.01. The Morgan fingerprint density at radius 2 is 1.59 bits per heavy atom. The van der Waals surface area contributed by atoms with E-state index in [4.69, 9.17) is 0 Å². The van der Waals surface area contributed by atoms with E-state index < -0.39 is 0 Å². The smallest absolute Gasteiger partial charge is 0.0888 e. The lowest BCUT2D eigenvalue weighted by Gasteiger charge is -2.34. The van der Waals surface area contributed by atoms with Crippen LogP contribution in [-0.2, 0) is 4.08 Å². The van der Waals surface area contributed by atoms with Crippen LogP contribution in [-0.4, -0.2) is 11.5 Å². The van der Waals surface area contributed by atoms with Gasteiger partial charge in [0.05, 0.1) is 4.08 Å². The van der Waals surface area contributed by atoms with Gasteiger partial charge in [-0.15, -0.1) is 23.5 Å². The molecule has 2 aliphatic rings. The minimum absolute atomic E-state index is 0.372. The first-order chi connectivity index (χ1) is 8.31. The van der Waals surface area contributed by atoms with E-state index in [9.17, 15) is 0 Å². The molecule has 1 aliphatic carbocycles. The van der Waals surface area contributed by atoms with Crippen molar-refractivity contribution < 1.29 is 0 Å². The molecule has 3 rings (SSSR count). The highest BCUT2D eigenvalue weighted by Crippen LogP contribution is 2.60. The molecule has 1 heterocycles. The van der Waals surface area contributed by atoms with Crippen LogP contribution >= 0.6 is 39.5 Å². The third kappa shape index (κ3) is 2.31. The van der Waals surface area contributed by atoms with Gasteiger partial charge in [-0.3, -0.25) is 0 Å². The highest BCUT2D eigenvalue weighted by atomic mass is 79.9. The molecule has 0 spiro atoms. The summed E-state index contributed by atoms with van der Waals surface area (Å²) in [6.45, 7) is 0. The van der Waals surface area contributed by atoms with E-state index in [1.165, 1.54) is 41.7 Å². The molecule has 0 amide bonds. The van der Waals surface area contributed by atoms with Crippen molar-refractivity contribution in [1.29, 1.82) is 0 Å². The fourth-order valence-electron chi connectivity index (χ4n) is 3.05. The molecule has 1 saturated carbocycles. The summed E-state index contributed by atoms with van der Waals surface area (Å²) in [5.74, 6) is 3.52. The lowest BCUT2D eigenvalue weighted by atomic mass is 9.96. The second kappa shape index (κ2) is 5.18. The van der Waals surface area contributed by atoms with E-state index in [1.54, 1.807) is 5.56 Å². The van der Waals surface area contributed by atoms with Crippen molar-refractivity contribution >= 4 is 39.5 Å². The fourth-order valence-corrected chi connectivity index (χ4v) is 6.97. The molecule has 92 valence electrons. The Kier molecular flexibility index (Phi) is 3.79. The van der Waals surface area contributed by atoms with Gasteiger partial charge in [-0.1, -0.05) is 40.9 Å². The summed E-state index contributed by atoms with van der Waals surface area (Å²) in [5, 5.41) is 0. The molecule has 1 aromatic rings. The van der Waals surface area contributed by atoms with Crippen molar-refractivity contribution in [1.82, 2.24) is 0 Å². The largest absolute Gasteiger partial charge is 0.138 e. The van der Waals surface area contributed by atoms with Crippen molar-refractivity contribution in [3.05, 3.63) is 34.3 Å². The molecule has 0 unspecified atom stereocenters. The van der Waals surface area contributed by atoms with Crippen LogP contribution in [0.2, 0.25) is 0 Å². The number of halogens is 1. The zero-order valence-electron chi connectivity index (χ0n) is 9.82. The van der Waals surface area contributed by atoms with Crippen molar-refractivity contribution in [2.45, 2.75) is 29.8 Å². The maximum Gasteiger partial charge on any atom is 0.0888 e. The second-order valence-electron chi connectivity index (χ2n) is 4.85. The van der Waals surface area contributed by atoms with Gasteiger partial charge in [0.15, 0.2) is 0 Å². The Labute approximate surface area is 120 Å². The topological polar surface area (TPSA) is 0 Å². The van der Waals surface area contributed by atoms with E-state index in [0.29, 0.717) is 4.08 Å². The van der Waals surface area contributed by atoms with Gasteiger partial charge in [0.2, 0.25) is 0 Å². The first-order valence-corrected chi connectivity index (χ1v) is 9.12. The fraction of sp³-hybridized carbons (Fsp3) is 0.571. The highest BCUT2D eigenvalue weighted by Gasteiger charge is 2.45. The summed E-state index contributed by atoms with van der Waals surface area (Å²) in [5.41, 5.74) is 1.54. The first-order valence-electron chi connectivity index (χ1n) is 6.35. The normalized spacial score (nSPS) is 24.3. The molecular weight excluding hydrogens is 312 g/mol. The Morgan fingerprint density at radius 3 is 2.18 bits per heavy atom. The molecule has 0 atom stereocenters. The minimum atomic E-state index is 0.372. The SMILES string of the molecule is Brc1ccc(C2(C3CCCC3)SCCS2)cc1. The van der Waals surface area contributed by atoms with E-state index in [0.717, 1.165) is 5.92 Å². The molecule has 1 aliphatic heterocycles. The van der Waals surface area contributed by atoms with Crippen LogP contribution in [0.15, 0.2) is 28.7 Å². The van der Waals surface area contributed by atoms with Gasteiger partial charge in [0.25, 0.3) is 0 Å². The number of rotatable bonds is 2. The molecule has 2 fully saturated rings. The zero-order chi connectivity index (χ0) is 11.7. The molecular formula is C14H17BrS2. The third-order valence-electron chi connectivity index (χ3n) is 3.86. The van der Waals surface area contributed by atoms with Crippen molar-refractivity contribution in [2.75, 3.05) is 11.5 Å². The monoisotopic (exact) mass is 328 g/mol. The lowest BCUT2D eigenvalue weighted by Crippen LogP contribution is -2.24. The number of benzene rings is 1. The predicted octanol–water partition coefficient (Wildman–Crippen LogP) is 5.27. The van der Waals surface area contributed by atoms with Crippen molar-refractivity contribution in [2.24, 2.45) is 5.92 Å². The van der Waals surface area contributed by atoms with Gasteiger partial charge in [-0.25, -0.2) is 0 Å². The molecule has 1 saturated heterocycles. The minimum Gasteiger partial charge on any atom is -0.138 e. The Bertz CT molecular complexity index is 376. The summed E-state index contributed by atoms with van der Waals surface area (Å²) in [7, 11) is 0. The van der Waals surface area contributed by atoms with Crippen LogP contribution in [0.25, 0.3) is 0 Å². The van der Waals surface area contributed by atoms with Crippen LogP contribution in [0.5, 0.6) is 0 Å². The van der Waals surface area contributed by atoms with Gasteiger partial charge < -0.3 is 0 Å². The van der Waals surface area contributed by atoms with E-state index in [2.05, 4.69) is 63.7 Å². The quantitative estimate of drug-likeness (QED) is 0.725. The van der Waals surface area contributed by atoms with Gasteiger partial charge in [0.1, 0.15) is 0 Å². The van der Waals surface area contributed by atoms with Crippen LogP contribution in [0, 0.1) is 5.92 Å². The molecule has 0 bridgehead atoms. The second-order valence-corrected chi connectivity index (χ2v) is 8.71. The van der Waals surface area contributed by atoms with Crippen LogP contribution < -0.4 is 0 Å². The zero-order valence-corrected chi connectivity index (χ0v) is 13.0. The molecule has 1 aromatic carbocycles. The van der Waals surface area contributed by atoms with E-state index in [-0.39, 0.29) is 0 Å². The summed E-state index contributed by atoms with van der Waals surface area (Å²) in [6.07, 6.45) is 5.72. The Morgan fingerprint density at radius 1 is 1.00 bits per heavy atom. The molecule has 0 N–H and O–H groups in total. The van der Waals surface area contributed by atoms with E-state index >= 15 is 0 Å². The number of hydrogen-bond acceptors (Lipinski definition) is 2. The molecule has 0 radical (unpaired) electrons. The van der Waals surface area contributed by atoms with E-state index in [1.807, 2.05) is 0 Å². The van der Waals surface area contributed by atoms with Crippen LogP contribution in [0.3, 0.4) is 0 Å². The Balaban J connectivity index is 1.95. The van der Waals surface area contributed by atoms with Gasteiger partial charge in [-0.05, 0) is 36.5 Å². The summed E-state index contributed by atoms with van der Waals surface area (Å²) in [6, 6.07) is 9.05. The average molecular weight is 329 g/mol. The Hall–Kier alpha value is 0.400. The molecule has 0 nitrogen and oxygen atoms in total. The standard InChI is InChI=1S/C14H17BrS2/c15-13-7-5-12(6-8-13)14(16-9-10-17-14)11-3-1-2-4-11/h5-8,11H,1-4,9-10H2. The molecule has 3 heteroatoms.